The molecule has 6 N–H and O–H groups in total. The lowest BCUT2D eigenvalue weighted by Gasteiger charge is -1.98. The number of hydrogen-bond donors (Lipinski definition) is 4. The first-order valence-corrected chi connectivity index (χ1v) is 8.02. The van der Waals surface area contributed by atoms with E-state index in [2.05, 4.69) is 19.9 Å². The zero-order valence-corrected chi connectivity index (χ0v) is 14.9. The molecule has 2 amide bonds. The number of rotatable bonds is 4. The summed E-state index contributed by atoms with van der Waals surface area (Å²) in [5.41, 5.74) is 10.7. The number of nitro groups is 2. The van der Waals surface area contributed by atoms with Crippen molar-refractivity contribution in [1.82, 2.24) is 19.9 Å². The molecule has 0 bridgehead atoms. The monoisotopic (exact) mass is 412 g/mol. The largest absolute Gasteiger partial charge is 0.365 e. The number of nitro benzene ring substituents is 2. The SMILES string of the molecule is NC(=O)c1cc2nc[nH]c2cc1[N+](=O)[O-].NC(=O)c1ccc2[nH]cnc2c1[N+](=O)[O-]. The minimum absolute atomic E-state index is 0.135. The second-order valence-corrected chi connectivity index (χ2v) is 5.79. The van der Waals surface area contributed by atoms with Crippen LogP contribution in [0.3, 0.4) is 0 Å². The van der Waals surface area contributed by atoms with E-state index in [1.54, 1.807) is 0 Å². The number of H-pyrrole nitrogens is 2. The number of benzene rings is 2. The second kappa shape index (κ2) is 7.63. The number of imidazole rings is 2. The molecule has 2 aromatic carbocycles. The van der Waals surface area contributed by atoms with E-state index in [9.17, 15) is 29.8 Å². The summed E-state index contributed by atoms with van der Waals surface area (Å²) in [6.45, 7) is 0. The van der Waals surface area contributed by atoms with Crippen molar-refractivity contribution in [2.24, 2.45) is 11.5 Å². The highest BCUT2D eigenvalue weighted by Gasteiger charge is 2.23. The van der Waals surface area contributed by atoms with Crippen LogP contribution in [0.25, 0.3) is 22.1 Å². The molecule has 0 aliphatic carbocycles. The second-order valence-electron chi connectivity index (χ2n) is 5.79. The molecule has 4 rings (SSSR count). The molecule has 2 heterocycles. The molecule has 0 radical (unpaired) electrons. The zero-order chi connectivity index (χ0) is 22.0. The van der Waals surface area contributed by atoms with Crippen LogP contribution in [0.4, 0.5) is 11.4 Å². The highest BCUT2D eigenvalue weighted by Crippen LogP contribution is 2.26. The first-order valence-electron chi connectivity index (χ1n) is 8.02. The molecule has 2 aromatic heterocycles. The molecule has 0 unspecified atom stereocenters. The summed E-state index contributed by atoms with van der Waals surface area (Å²) in [7, 11) is 0. The van der Waals surface area contributed by atoms with Gasteiger partial charge in [-0.3, -0.25) is 29.8 Å². The van der Waals surface area contributed by atoms with E-state index in [1.165, 1.54) is 36.9 Å². The maximum Gasteiger partial charge on any atom is 0.309 e. The molecule has 0 saturated heterocycles. The van der Waals surface area contributed by atoms with Crippen molar-refractivity contribution >= 4 is 45.3 Å². The van der Waals surface area contributed by atoms with Crippen molar-refractivity contribution in [1.29, 1.82) is 0 Å². The maximum absolute atomic E-state index is 11.0. The van der Waals surface area contributed by atoms with E-state index < -0.39 is 21.7 Å². The molecule has 152 valence electrons. The van der Waals surface area contributed by atoms with E-state index in [4.69, 9.17) is 11.5 Å². The third-order valence-electron chi connectivity index (χ3n) is 4.01. The third kappa shape index (κ3) is 3.59. The number of fused-ring (bicyclic) bond motifs is 2. The van der Waals surface area contributed by atoms with Crippen LogP contribution in [0.2, 0.25) is 0 Å². The number of amides is 2. The van der Waals surface area contributed by atoms with Gasteiger partial charge in [0, 0.05) is 6.07 Å². The molecular formula is C16H12N8O6. The lowest BCUT2D eigenvalue weighted by molar-refractivity contribution is -0.385. The number of hydrogen-bond acceptors (Lipinski definition) is 8. The van der Waals surface area contributed by atoms with Gasteiger partial charge in [-0.25, -0.2) is 9.97 Å². The number of primary amides is 2. The predicted octanol–water partition coefficient (Wildman–Crippen LogP) is 1.14. The number of nitrogens with one attached hydrogen (secondary N) is 2. The average molecular weight is 412 g/mol. The fraction of sp³-hybridized carbons (Fsp3) is 0. The smallest absolute Gasteiger partial charge is 0.309 e. The van der Waals surface area contributed by atoms with Crippen LogP contribution in [0.1, 0.15) is 20.7 Å². The van der Waals surface area contributed by atoms with Crippen molar-refractivity contribution in [3.05, 3.63) is 68.3 Å². The van der Waals surface area contributed by atoms with E-state index in [0.717, 1.165) is 0 Å². The van der Waals surface area contributed by atoms with Gasteiger partial charge in [-0.05, 0) is 18.2 Å². The van der Waals surface area contributed by atoms with Gasteiger partial charge >= 0.3 is 5.69 Å². The van der Waals surface area contributed by atoms with Gasteiger partial charge in [0.25, 0.3) is 17.5 Å². The van der Waals surface area contributed by atoms with Gasteiger partial charge < -0.3 is 21.4 Å². The Balaban J connectivity index is 0.000000171. The van der Waals surface area contributed by atoms with Crippen LogP contribution < -0.4 is 11.5 Å². The molecule has 30 heavy (non-hydrogen) atoms. The number of aromatic nitrogens is 4. The number of carbonyl (C=O) groups is 2. The van der Waals surface area contributed by atoms with Crippen molar-refractivity contribution in [3.8, 4) is 0 Å². The summed E-state index contributed by atoms with van der Waals surface area (Å²) < 4.78 is 0. The minimum atomic E-state index is -0.841. The van der Waals surface area contributed by atoms with Gasteiger partial charge in [0.2, 0.25) is 0 Å². The van der Waals surface area contributed by atoms with Gasteiger partial charge in [0.1, 0.15) is 11.1 Å². The van der Waals surface area contributed by atoms with Crippen LogP contribution in [0.15, 0.2) is 36.9 Å². The molecule has 0 saturated carbocycles. The maximum atomic E-state index is 11.0. The number of carbonyl (C=O) groups excluding carboxylic acids is 2. The molecule has 0 atom stereocenters. The minimum Gasteiger partial charge on any atom is -0.365 e. The Kier molecular flexibility index (Phi) is 5.05. The first-order chi connectivity index (χ1) is 14.2. The highest BCUT2D eigenvalue weighted by atomic mass is 16.6. The van der Waals surface area contributed by atoms with E-state index in [1.807, 2.05) is 0 Å². The molecule has 0 fully saturated rings. The van der Waals surface area contributed by atoms with Crippen LogP contribution in [-0.4, -0.2) is 41.6 Å². The average Bonchev–Trinajstić information content (AvgIpc) is 3.34. The number of nitrogens with two attached hydrogens (primary N) is 2. The molecule has 0 spiro atoms. The van der Waals surface area contributed by atoms with E-state index >= 15 is 0 Å². The standard InChI is InChI=1S/2C8H6N4O3/c9-8(13)4-1-5-6(11-3-10-5)2-7(4)12(14)15;9-8(13)4-1-2-5-6(11-3-10-5)7(4)12(14)15/h2*1-3H,(H2,9,13)(H,10,11). The van der Waals surface area contributed by atoms with Crippen LogP contribution in [0, 0.1) is 20.2 Å². The summed E-state index contributed by atoms with van der Waals surface area (Å²) in [5.74, 6) is -1.68. The Bertz CT molecular complexity index is 1260. The molecular weight excluding hydrogens is 400 g/mol. The van der Waals surface area contributed by atoms with Gasteiger partial charge in [-0.15, -0.1) is 0 Å². The highest BCUT2D eigenvalue weighted by molar-refractivity contribution is 6.03. The van der Waals surface area contributed by atoms with Crippen LogP contribution in [-0.2, 0) is 0 Å². The Morgan fingerprint density at radius 1 is 0.867 bits per heavy atom. The van der Waals surface area contributed by atoms with E-state index in [0.29, 0.717) is 16.6 Å². The summed E-state index contributed by atoms with van der Waals surface area (Å²) in [6, 6.07) is 5.37. The Hall–Kier alpha value is -4.88. The first kappa shape index (κ1) is 19.9. The van der Waals surface area contributed by atoms with Gasteiger partial charge in [-0.2, -0.15) is 0 Å². The molecule has 0 aliphatic heterocycles. The quantitative estimate of drug-likeness (QED) is 0.279. The normalized spacial score (nSPS) is 10.4. The molecule has 0 aliphatic rings. The Morgan fingerprint density at radius 3 is 2.10 bits per heavy atom. The topological polar surface area (TPSA) is 230 Å². The van der Waals surface area contributed by atoms with E-state index in [-0.39, 0.29) is 28.0 Å². The van der Waals surface area contributed by atoms with Crippen molar-refractivity contribution < 1.29 is 19.4 Å². The summed E-state index contributed by atoms with van der Waals surface area (Å²) in [6.07, 6.45) is 2.71. The lowest BCUT2D eigenvalue weighted by atomic mass is 10.1. The molecule has 14 nitrogen and oxygen atoms in total. The van der Waals surface area contributed by atoms with Gasteiger partial charge in [0.15, 0.2) is 5.52 Å². The lowest BCUT2D eigenvalue weighted by Crippen LogP contribution is -2.13. The van der Waals surface area contributed by atoms with Crippen LogP contribution >= 0.6 is 0 Å². The van der Waals surface area contributed by atoms with Gasteiger partial charge in [0.05, 0.1) is 39.1 Å². The fourth-order valence-corrected chi connectivity index (χ4v) is 2.70. The number of nitrogens with zero attached hydrogens (tertiary/aromatic N) is 4. The summed E-state index contributed by atoms with van der Waals surface area (Å²) >= 11 is 0. The Labute approximate surface area is 165 Å². The van der Waals surface area contributed by atoms with Gasteiger partial charge in [-0.1, -0.05) is 0 Å². The Morgan fingerprint density at radius 2 is 1.50 bits per heavy atom. The summed E-state index contributed by atoms with van der Waals surface area (Å²) in [4.78, 5) is 55.1. The van der Waals surface area contributed by atoms with Crippen molar-refractivity contribution in [3.63, 3.8) is 0 Å². The molecule has 4 aromatic rings. The zero-order valence-electron chi connectivity index (χ0n) is 14.9. The molecule has 14 heteroatoms. The summed E-state index contributed by atoms with van der Waals surface area (Å²) in [5, 5.41) is 21.4. The number of aromatic amines is 2. The fourth-order valence-electron chi connectivity index (χ4n) is 2.70. The third-order valence-corrected chi connectivity index (χ3v) is 4.01. The predicted molar refractivity (Wildman–Crippen MR) is 103 cm³/mol. The van der Waals surface area contributed by atoms with Crippen LogP contribution in [0.5, 0.6) is 0 Å². The van der Waals surface area contributed by atoms with Crippen molar-refractivity contribution in [2.75, 3.05) is 0 Å². The van der Waals surface area contributed by atoms with Crippen molar-refractivity contribution in [2.45, 2.75) is 0 Å².